The third kappa shape index (κ3) is 3.75. The molecular formula is C15H11Cl2N3O5. The fourth-order valence-electron chi connectivity index (χ4n) is 2.38. The van der Waals surface area contributed by atoms with Crippen molar-refractivity contribution in [1.29, 1.82) is 0 Å². The van der Waals surface area contributed by atoms with E-state index < -0.39 is 22.6 Å². The first kappa shape index (κ1) is 17.2. The van der Waals surface area contributed by atoms with Crippen LogP contribution in [0.3, 0.4) is 0 Å². The Hall–Kier alpha value is -2.58. The number of furan rings is 1. The summed E-state index contributed by atoms with van der Waals surface area (Å²) in [5, 5.41) is 14.0. The SMILES string of the molecule is O=C(Nc1cc(Cl)cc(Cl)c1)C1CN(C(=O)c2ccc([N+](=O)[O-])o2)C1. The van der Waals surface area contributed by atoms with Gasteiger partial charge in [-0.2, -0.15) is 0 Å². The molecule has 2 aromatic rings. The van der Waals surface area contributed by atoms with E-state index in [4.69, 9.17) is 27.6 Å². The first-order chi connectivity index (χ1) is 11.8. The molecule has 3 rings (SSSR count). The van der Waals surface area contributed by atoms with Gasteiger partial charge in [0.25, 0.3) is 5.91 Å². The Labute approximate surface area is 151 Å². The molecule has 10 heteroatoms. The first-order valence-electron chi connectivity index (χ1n) is 7.14. The summed E-state index contributed by atoms with van der Waals surface area (Å²) < 4.78 is 4.86. The van der Waals surface area contributed by atoms with Crippen LogP contribution in [0.25, 0.3) is 0 Å². The fourth-order valence-corrected chi connectivity index (χ4v) is 2.90. The lowest BCUT2D eigenvalue weighted by molar-refractivity contribution is -0.402. The molecule has 2 amide bonds. The highest BCUT2D eigenvalue weighted by Gasteiger charge is 2.37. The molecule has 130 valence electrons. The lowest BCUT2D eigenvalue weighted by Gasteiger charge is -2.37. The van der Waals surface area contributed by atoms with Gasteiger partial charge in [-0.3, -0.25) is 19.7 Å². The maximum Gasteiger partial charge on any atom is 0.433 e. The standard InChI is InChI=1S/C15H11Cl2N3O5/c16-9-3-10(17)5-11(4-9)18-14(21)8-6-19(7-8)15(22)12-1-2-13(25-12)20(23)24/h1-5,8H,6-7H2,(H,18,21). The molecule has 0 saturated carbocycles. The van der Waals surface area contributed by atoms with E-state index in [0.29, 0.717) is 15.7 Å². The Balaban J connectivity index is 1.56. The highest BCUT2D eigenvalue weighted by molar-refractivity contribution is 6.35. The molecule has 1 aliphatic heterocycles. The number of anilines is 1. The molecule has 0 unspecified atom stereocenters. The number of hydrogen-bond acceptors (Lipinski definition) is 5. The van der Waals surface area contributed by atoms with Crippen LogP contribution in [0.15, 0.2) is 34.7 Å². The number of carbonyl (C=O) groups is 2. The van der Waals surface area contributed by atoms with Crippen molar-refractivity contribution in [2.75, 3.05) is 18.4 Å². The minimum atomic E-state index is -0.723. The summed E-state index contributed by atoms with van der Waals surface area (Å²) in [6, 6.07) is 7.02. The van der Waals surface area contributed by atoms with E-state index in [2.05, 4.69) is 5.32 Å². The van der Waals surface area contributed by atoms with Gasteiger partial charge in [0.1, 0.15) is 4.92 Å². The smallest absolute Gasteiger partial charge is 0.395 e. The number of nitrogens with zero attached hydrogens (tertiary/aromatic N) is 2. The van der Waals surface area contributed by atoms with Crippen LogP contribution in [0.4, 0.5) is 11.6 Å². The summed E-state index contributed by atoms with van der Waals surface area (Å²) in [5.74, 6) is -1.80. The summed E-state index contributed by atoms with van der Waals surface area (Å²) in [6.07, 6.45) is 0. The summed E-state index contributed by atoms with van der Waals surface area (Å²) in [7, 11) is 0. The molecule has 1 fully saturated rings. The summed E-state index contributed by atoms with van der Waals surface area (Å²) >= 11 is 11.7. The monoisotopic (exact) mass is 383 g/mol. The molecule has 8 nitrogen and oxygen atoms in total. The first-order valence-corrected chi connectivity index (χ1v) is 7.89. The lowest BCUT2D eigenvalue weighted by atomic mass is 9.98. The molecule has 1 aromatic carbocycles. The molecule has 0 atom stereocenters. The van der Waals surface area contributed by atoms with Crippen LogP contribution in [0.1, 0.15) is 10.6 Å². The third-order valence-corrected chi connectivity index (χ3v) is 4.09. The van der Waals surface area contributed by atoms with Crippen molar-refractivity contribution in [3.63, 3.8) is 0 Å². The molecule has 0 spiro atoms. The van der Waals surface area contributed by atoms with Crippen LogP contribution < -0.4 is 5.32 Å². The molecule has 1 saturated heterocycles. The average molecular weight is 384 g/mol. The number of amides is 2. The van der Waals surface area contributed by atoms with Crippen LogP contribution in [0, 0.1) is 16.0 Å². The second kappa shape index (κ2) is 6.73. The summed E-state index contributed by atoms with van der Waals surface area (Å²) in [5.41, 5.74) is 0.467. The van der Waals surface area contributed by atoms with Crippen molar-refractivity contribution in [2.24, 2.45) is 5.92 Å². The number of nitro groups is 1. The Kier molecular flexibility index (Phi) is 4.65. The zero-order chi connectivity index (χ0) is 18.1. The maximum atomic E-state index is 12.2. The number of carbonyl (C=O) groups excluding carboxylic acids is 2. The zero-order valence-electron chi connectivity index (χ0n) is 12.6. The van der Waals surface area contributed by atoms with E-state index in [9.17, 15) is 19.7 Å². The normalized spacial score (nSPS) is 14.1. The zero-order valence-corrected chi connectivity index (χ0v) is 14.1. The van der Waals surface area contributed by atoms with Crippen molar-refractivity contribution >= 4 is 46.6 Å². The van der Waals surface area contributed by atoms with E-state index in [-0.39, 0.29) is 24.8 Å². The summed E-state index contributed by atoms with van der Waals surface area (Å²) in [6.45, 7) is 0.376. The molecule has 0 bridgehead atoms. The van der Waals surface area contributed by atoms with Crippen molar-refractivity contribution in [3.8, 4) is 0 Å². The minimum absolute atomic E-state index is 0.132. The Bertz CT molecular complexity index is 840. The topological polar surface area (TPSA) is 106 Å². The van der Waals surface area contributed by atoms with Crippen LogP contribution in [0.5, 0.6) is 0 Å². The van der Waals surface area contributed by atoms with E-state index in [1.807, 2.05) is 0 Å². The van der Waals surface area contributed by atoms with Crippen LogP contribution in [0.2, 0.25) is 10.0 Å². The maximum absolute atomic E-state index is 12.2. The fraction of sp³-hybridized carbons (Fsp3) is 0.200. The van der Waals surface area contributed by atoms with Gasteiger partial charge in [0.15, 0.2) is 5.76 Å². The molecule has 2 heterocycles. The Morgan fingerprint density at radius 3 is 2.40 bits per heavy atom. The van der Waals surface area contributed by atoms with E-state index in [1.165, 1.54) is 11.0 Å². The van der Waals surface area contributed by atoms with Crippen molar-refractivity contribution in [2.45, 2.75) is 0 Å². The predicted octanol–water partition coefficient (Wildman–Crippen LogP) is 3.21. The second-order valence-electron chi connectivity index (χ2n) is 5.45. The number of rotatable bonds is 4. The molecule has 1 aromatic heterocycles. The van der Waals surface area contributed by atoms with Crippen molar-refractivity contribution in [3.05, 3.63) is 56.3 Å². The number of hydrogen-bond donors (Lipinski definition) is 1. The van der Waals surface area contributed by atoms with Gasteiger partial charge in [0.2, 0.25) is 5.91 Å². The quantitative estimate of drug-likeness (QED) is 0.644. The van der Waals surface area contributed by atoms with Gasteiger partial charge in [-0.05, 0) is 24.3 Å². The number of nitrogens with one attached hydrogen (secondary N) is 1. The molecule has 25 heavy (non-hydrogen) atoms. The second-order valence-corrected chi connectivity index (χ2v) is 6.32. The van der Waals surface area contributed by atoms with Gasteiger partial charge in [0.05, 0.1) is 12.0 Å². The number of benzene rings is 1. The predicted molar refractivity (Wildman–Crippen MR) is 89.8 cm³/mol. The van der Waals surface area contributed by atoms with Gasteiger partial charge >= 0.3 is 5.88 Å². The van der Waals surface area contributed by atoms with Crippen LogP contribution in [-0.4, -0.2) is 34.7 Å². The highest BCUT2D eigenvalue weighted by atomic mass is 35.5. The highest BCUT2D eigenvalue weighted by Crippen LogP contribution is 2.26. The van der Waals surface area contributed by atoms with Gasteiger partial charge in [-0.25, -0.2) is 0 Å². The Morgan fingerprint density at radius 1 is 1.20 bits per heavy atom. The Morgan fingerprint density at radius 2 is 1.84 bits per heavy atom. The van der Waals surface area contributed by atoms with Crippen molar-refractivity contribution in [1.82, 2.24) is 4.90 Å². The van der Waals surface area contributed by atoms with Gasteiger partial charge < -0.3 is 14.6 Å². The number of likely N-dealkylation sites (tertiary alicyclic amines) is 1. The minimum Gasteiger partial charge on any atom is -0.395 e. The van der Waals surface area contributed by atoms with Crippen LogP contribution in [-0.2, 0) is 4.79 Å². The third-order valence-electron chi connectivity index (χ3n) is 3.65. The average Bonchev–Trinajstić information content (AvgIpc) is 2.94. The van der Waals surface area contributed by atoms with Gasteiger partial charge in [0, 0.05) is 28.8 Å². The van der Waals surface area contributed by atoms with Gasteiger partial charge in [-0.1, -0.05) is 23.2 Å². The van der Waals surface area contributed by atoms with E-state index >= 15 is 0 Å². The number of halogens is 2. The molecule has 1 aliphatic rings. The van der Waals surface area contributed by atoms with E-state index in [0.717, 1.165) is 6.07 Å². The lowest BCUT2D eigenvalue weighted by Crippen LogP contribution is -2.54. The molecule has 0 aliphatic carbocycles. The largest absolute Gasteiger partial charge is 0.433 e. The molecule has 1 N–H and O–H groups in total. The van der Waals surface area contributed by atoms with Crippen LogP contribution >= 0.6 is 23.2 Å². The van der Waals surface area contributed by atoms with Gasteiger partial charge in [-0.15, -0.1) is 0 Å². The van der Waals surface area contributed by atoms with Crippen molar-refractivity contribution < 1.29 is 18.9 Å². The molecular weight excluding hydrogens is 373 g/mol. The van der Waals surface area contributed by atoms with E-state index in [1.54, 1.807) is 18.2 Å². The summed E-state index contributed by atoms with van der Waals surface area (Å²) in [4.78, 5) is 35.5. The molecule has 0 radical (unpaired) electrons.